The fraction of sp³-hybridized carbons (Fsp3) is 0.273. The monoisotopic (exact) mass is 475 g/mol. The first-order chi connectivity index (χ1) is 14.8. The minimum Gasteiger partial charge on any atom is -0.302 e. The minimum atomic E-state index is -3.54. The van der Waals surface area contributed by atoms with E-state index in [1.807, 2.05) is 24.4 Å². The number of aryl methyl sites for hydroxylation is 1. The number of sulfonamides is 1. The van der Waals surface area contributed by atoms with Gasteiger partial charge in [-0.1, -0.05) is 41.4 Å². The second kappa shape index (κ2) is 9.08. The number of amides is 1. The molecule has 0 aliphatic carbocycles. The molecule has 1 aliphatic heterocycles. The quantitative estimate of drug-likeness (QED) is 0.574. The second-order valence-electron chi connectivity index (χ2n) is 7.53. The van der Waals surface area contributed by atoms with E-state index < -0.39 is 10.0 Å². The van der Waals surface area contributed by atoms with E-state index in [0.717, 1.165) is 16.8 Å². The summed E-state index contributed by atoms with van der Waals surface area (Å²) in [5, 5.41) is 5.95. The highest BCUT2D eigenvalue weighted by atomic mass is 35.5. The number of aromatic nitrogens is 1. The predicted octanol–water partition coefficient (Wildman–Crippen LogP) is 4.81. The summed E-state index contributed by atoms with van der Waals surface area (Å²) in [5.74, 6) is -0.364. The molecule has 4 rings (SSSR count). The van der Waals surface area contributed by atoms with Crippen LogP contribution >= 0.6 is 22.9 Å². The normalized spacial score (nSPS) is 15.7. The number of halogens is 1. The van der Waals surface area contributed by atoms with E-state index in [0.29, 0.717) is 41.0 Å². The Morgan fingerprint density at radius 3 is 2.39 bits per heavy atom. The molecule has 3 aromatic rings. The fourth-order valence-corrected chi connectivity index (χ4v) is 5.83. The molecule has 0 bridgehead atoms. The van der Waals surface area contributed by atoms with Crippen LogP contribution in [0.4, 0.5) is 5.13 Å². The third-order valence-electron chi connectivity index (χ3n) is 5.36. The molecule has 0 spiro atoms. The number of nitrogens with zero attached hydrogens (tertiary/aromatic N) is 2. The first-order valence-electron chi connectivity index (χ1n) is 9.92. The summed E-state index contributed by atoms with van der Waals surface area (Å²) in [6.07, 6.45) is 0.957. The van der Waals surface area contributed by atoms with E-state index in [4.69, 9.17) is 11.6 Å². The summed E-state index contributed by atoms with van der Waals surface area (Å²) in [4.78, 5) is 17.5. The summed E-state index contributed by atoms with van der Waals surface area (Å²) in [6.45, 7) is 2.56. The lowest BCUT2D eigenvalue weighted by atomic mass is 9.97. The molecular weight excluding hydrogens is 454 g/mol. The van der Waals surface area contributed by atoms with Gasteiger partial charge < -0.3 is 5.32 Å². The first kappa shape index (κ1) is 22.0. The Morgan fingerprint density at radius 2 is 1.74 bits per heavy atom. The van der Waals surface area contributed by atoms with E-state index in [1.54, 1.807) is 36.4 Å². The number of piperidine rings is 1. The molecule has 1 saturated heterocycles. The zero-order valence-corrected chi connectivity index (χ0v) is 19.3. The van der Waals surface area contributed by atoms with Crippen molar-refractivity contribution in [3.63, 3.8) is 0 Å². The van der Waals surface area contributed by atoms with Crippen molar-refractivity contribution in [2.45, 2.75) is 24.7 Å². The van der Waals surface area contributed by atoms with Gasteiger partial charge in [0.2, 0.25) is 15.9 Å². The van der Waals surface area contributed by atoms with Gasteiger partial charge in [-0.25, -0.2) is 13.4 Å². The summed E-state index contributed by atoms with van der Waals surface area (Å²) in [5.41, 5.74) is 2.71. The van der Waals surface area contributed by atoms with Crippen LogP contribution in [0.3, 0.4) is 0 Å². The largest absolute Gasteiger partial charge is 0.302 e. The first-order valence-corrected chi connectivity index (χ1v) is 12.6. The highest BCUT2D eigenvalue weighted by Gasteiger charge is 2.32. The van der Waals surface area contributed by atoms with Crippen LogP contribution in [0, 0.1) is 12.8 Å². The van der Waals surface area contributed by atoms with Gasteiger partial charge in [0.25, 0.3) is 0 Å². The van der Waals surface area contributed by atoms with Crippen LogP contribution < -0.4 is 5.32 Å². The Morgan fingerprint density at radius 1 is 1.10 bits per heavy atom. The lowest BCUT2D eigenvalue weighted by Gasteiger charge is -2.30. The Kier molecular flexibility index (Phi) is 6.43. The van der Waals surface area contributed by atoms with Gasteiger partial charge in [0, 0.05) is 35.0 Å². The van der Waals surface area contributed by atoms with Crippen molar-refractivity contribution < 1.29 is 13.2 Å². The molecule has 0 radical (unpaired) electrons. The molecule has 6 nitrogen and oxygen atoms in total. The van der Waals surface area contributed by atoms with Crippen LogP contribution in [-0.2, 0) is 14.8 Å². The molecule has 1 amide bonds. The third-order valence-corrected chi connectivity index (χ3v) is 8.28. The number of hydrogen-bond donors (Lipinski definition) is 1. The molecule has 1 N–H and O–H groups in total. The second-order valence-corrected chi connectivity index (χ2v) is 10.8. The van der Waals surface area contributed by atoms with Gasteiger partial charge in [-0.3, -0.25) is 4.79 Å². The summed E-state index contributed by atoms with van der Waals surface area (Å²) >= 11 is 7.28. The average molecular weight is 476 g/mol. The minimum absolute atomic E-state index is 0.121. The predicted molar refractivity (Wildman–Crippen MR) is 124 cm³/mol. The number of thiazole rings is 1. The van der Waals surface area contributed by atoms with E-state index in [9.17, 15) is 13.2 Å². The Balaban J connectivity index is 1.35. The Labute approximate surface area is 190 Å². The van der Waals surface area contributed by atoms with Gasteiger partial charge in [-0.2, -0.15) is 4.31 Å². The molecule has 1 aromatic heterocycles. The molecule has 2 aromatic carbocycles. The van der Waals surface area contributed by atoms with Crippen molar-refractivity contribution in [1.82, 2.24) is 9.29 Å². The van der Waals surface area contributed by atoms with Gasteiger partial charge >= 0.3 is 0 Å². The third kappa shape index (κ3) is 4.98. The van der Waals surface area contributed by atoms with E-state index in [2.05, 4.69) is 10.3 Å². The Hall–Kier alpha value is -2.26. The zero-order valence-electron chi connectivity index (χ0n) is 16.9. The van der Waals surface area contributed by atoms with Gasteiger partial charge in [0.05, 0.1) is 10.6 Å². The van der Waals surface area contributed by atoms with Crippen molar-refractivity contribution in [3.05, 3.63) is 64.5 Å². The molecule has 31 heavy (non-hydrogen) atoms. The smallest absolute Gasteiger partial charge is 0.243 e. The maximum atomic E-state index is 12.8. The number of nitrogens with one attached hydrogen (secondary N) is 1. The van der Waals surface area contributed by atoms with Crippen LogP contribution in [0.2, 0.25) is 5.02 Å². The highest BCUT2D eigenvalue weighted by Crippen LogP contribution is 2.28. The zero-order chi connectivity index (χ0) is 22.0. The van der Waals surface area contributed by atoms with Gasteiger partial charge in [0.1, 0.15) is 0 Å². The van der Waals surface area contributed by atoms with E-state index in [1.165, 1.54) is 15.6 Å². The molecule has 0 atom stereocenters. The summed E-state index contributed by atoms with van der Waals surface area (Å²) in [6, 6.07) is 14.2. The van der Waals surface area contributed by atoms with Gasteiger partial charge in [-0.15, -0.1) is 11.3 Å². The number of benzene rings is 2. The number of anilines is 1. The van der Waals surface area contributed by atoms with Crippen molar-refractivity contribution in [1.29, 1.82) is 0 Å². The van der Waals surface area contributed by atoms with Crippen LogP contribution in [0.25, 0.3) is 11.3 Å². The van der Waals surface area contributed by atoms with Gasteiger partial charge in [-0.05, 0) is 44.0 Å². The lowest BCUT2D eigenvalue weighted by Crippen LogP contribution is -2.41. The molecule has 9 heteroatoms. The maximum Gasteiger partial charge on any atom is 0.243 e. The molecule has 1 aliphatic rings. The SMILES string of the molecule is Cc1ccc(S(=O)(=O)N2CCC(C(=O)Nc3nc(-c4ccc(Cl)cc4)cs3)CC2)cc1. The van der Waals surface area contributed by atoms with E-state index in [-0.39, 0.29) is 11.8 Å². The molecule has 1 fully saturated rings. The molecule has 162 valence electrons. The van der Waals surface area contributed by atoms with Crippen LogP contribution in [0.5, 0.6) is 0 Å². The van der Waals surface area contributed by atoms with Crippen LogP contribution in [-0.4, -0.2) is 36.7 Å². The number of carbonyl (C=O) groups is 1. The highest BCUT2D eigenvalue weighted by molar-refractivity contribution is 7.89. The molecule has 2 heterocycles. The molecule has 0 saturated carbocycles. The number of carbonyl (C=O) groups excluding carboxylic acids is 1. The molecule has 0 unspecified atom stereocenters. The molecular formula is C22H22ClN3O3S2. The van der Waals surface area contributed by atoms with Crippen molar-refractivity contribution in [2.75, 3.05) is 18.4 Å². The van der Waals surface area contributed by atoms with Crippen LogP contribution in [0.15, 0.2) is 58.8 Å². The van der Waals surface area contributed by atoms with Crippen molar-refractivity contribution in [3.8, 4) is 11.3 Å². The summed E-state index contributed by atoms with van der Waals surface area (Å²) < 4.78 is 27.1. The topological polar surface area (TPSA) is 79.4 Å². The number of hydrogen-bond acceptors (Lipinski definition) is 5. The maximum absolute atomic E-state index is 12.8. The average Bonchev–Trinajstić information content (AvgIpc) is 3.23. The lowest BCUT2D eigenvalue weighted by molar-refractivity contribution is -0.120. The van der Waals surface area contributed by atoms with Crippen molar-refractivity contribution in [2.24, 2.45) is 5.92 Å². The van der Waals surface area contributed by atoms with Crippen LogP contribution in [0.1, 0.15) is 18.4 Å². The van der Waals surface area contributed by atoms with Crippen molar-refractivity contribution >= 4 is 44.0 Å². The van der Waals surface area contributed by atoms with E-state index >= 15 is 0 Å². The Bertz CT molecular complexity index is 1170. The number of rotatable bonds is 5. The van der Waals surface area contributed by atoms with Gasteiger partial charge in [0.15, 0.2) is 5.13 Å². The standard InChI is InChI=1S/C22H22ClN3O3S2/c1-15-2-8-19(9-3-15)31(28,29)26-12-10-17(11-13-26)21(27)25-22-24-20(14-30-22)16-4-6-18(23)7-5-16/h2-9,14,17H,10-13H2,1H3,(H,24,25,27). The fourth-order valence-electron chi connectivity index (χ4n) is 3.51. The summed E-state index contributed by atoms with van der Waals surface area (Å²) in [7, 11) is -3.54.